The second kappa shape index (κ2) is 4.61. The maximum atomic E-state index is 11.4. The summed E-state index contributed by atoms with van der Waals surface area (Å²) in [5.74, 6) is -0.881. The van der Waals surface area contributed by atoms with Crippen molar-refractivity contribution in [1.82, 2.24) is 0 Å². The average Bonchev–Trinajstić information content (AvgIpc) is 2.14. The maximum absolute atomic E-state index is 11.4. The molecule has 0 aliphatic carbocycles. The molecule has 78 valence electrons. The van der Waals surface area contributed by atoms with Crippen molar-refractivity contribution in [1.29, 1.82) is 5.26 Å². The van der Waals surface area contributed by atoms with Gasteiger partial charge in [-0.15, -0.1) is 0 Å². The van der Waals surface area contributed by atoms with Gasteiger partial charge in [-0.1, -0.05) is 6.07 Å². The standard InChI is InChI=1S/C12H14N2O/c1-8-4-9(2)6-11(5-8)14-12(15)10(3)7-13/h4-6,10H,1-3H3,(H,14,15). The van der Waals surface area contributed by atoms with E-state index in [1.54, 1.807) is 6.92 Å². The SMILES string of the molecule is Cc1cc(C)cc(NC(=O)C(C)C#N)c1. The summed E-state index contributed by atoms with van der Waals surface area (Å²) < 4.78 is 0. The predicted molar refractivity (Wildman–Crippen MR) is 59.3 cm³/mol. The summed E-state index contributed by atoms with van der Waals surface area (Å²) in [6.07, 6.45) is 0. The van der Waals surface area contributed by atoms with E-state index in [0.29, 0.717) is 0 Å². The lowest BCUT2D eigenvalue weighted by molar-refractivity contribution is -0.117. The first-order chi connectivity index (χ1) is 7.02. The van der Waals surface area contributed by atoms with Gasteiger partial charge in [0.25, 0.3) is 0 Å². The summed E-state index contributed by atoms with van der Waals surface area (Å²) >= 11 is 0. The van der Waals surface area contributed by atoms with E-state index in [-0.39, 0.29) is 5.91 Å². The van der Waals surface area contributed by atoms with Crippen molar-refractivity contribution in [2.45, 2.75) is 20.8 Å². The molecule has 0 bridgehead atoms. The second-order valence-corrected chi connectivity index (χ2v) is 3.72. The van der Waals surface area contributed by atoms with E-state index in [4.69, 9.17) is 5.26 Å². The van der Waals surface area contributed by atoms with E-state index in [9.17, 15) is 4.79 Å². The number of carbonyl (C=O) groups excluding carboxylic acids is 1. The largest absolute Gasteiger partial charge is 0.325 e. The van der Waals surface area contributed by atoms with Gasteiger partial charge in [-0.25, -0.2) is 0 Å². The summed E-state index contributed by atoms with van der Waals surface area (Å²) in [6.45, 7) is 5.52. The number of anilines is 1. The molecule has 1 N–H and O–H groups in total. The van der Waals surface area contributed by atoms with E-state index < -0.39 is 5.92 Å². The molecule has 1 aromatic carbocycles. The number of amides is 1. The zero-order valence-electron chi connectivity index (χ0n) is 9.16. The van der Waals surface area contributed by atoms with Gasteiger partial charge in [0.2, 0.25) is 5.91 Å². The number of rotatable bonds is 2. The lowest BCUT2D eigenvalue weighted by atomic mass is 10.1. The first kappa shape index (κ1) is 11.3. The number of hydrogen-bond donors (Lipinski definition) is 1. The number of nitrogens with zero attached hydrogens (tertiary/aromatic N) is 1. The predicted octanol–water partition coefficient (Wildman–Crippen LogP) is 2.40. The molecule has 0 radical (unpaired) electrons. The Labute approximate surface area is 89.7 Å². The second-order valence-electron chi connectivity index (χ2n) is 3.72. The minimum Gasteiger partial charge on any atom is -0.325 e. The monoisotopic (exact) mass is 202 g/mol. The van der Waals surface area contributed by atoms with Crippen molar-refractivity contribution in [2.24, 2.45) is 5.92 Å². The Kier molecular flexibility index (Phi) is 3.46. The topological polar surface area (TPSA) is 52.9 Å². The molecule has 1 unspecified atom stereocenters. The summed E-state index contributed by atoms with van der Waals surface area (Å²) in [5.41, 5.74) is 2.93. The van der Waals surface area contributed by atoms with Gasteiger partial charge in [-0.2, -0.15) is 5.26 Å². The molecule has 1 atom stereocenters. The number of carbonyl (C=O) groups is 1. The van der Waals surface area contributed by atoms with Gasteiger partial charge in [0, 0.05) is 5.69 Å². The molecule has 0 fully saturated rings. The molecule has 0 aromatic heterocycles. The number of nitriles is 1. The van der Waals surface area contributed by atoms with E-state index in [0.717, 1.165) is 16.8 Å². The van der Waals surface area contributed by atoms with Crippen LogP contribution in [0.5, 0.6) is 0 Å². The summed E-state index contributed by atoms with van der Waals surface area (Å²) in [4.78, 5) is 11.4. The zero-order valence-corrected chi connectivity index (χ0v) is 9.16. The Morgan fingerprint density at radius 2 is 1.87 bits per heavy atom. The van der Waals surface area contributed by atoms with Gasteiger partial charge >= 0.3 is 0 Å². The third kappa shape index (κ3) is 3.10. The zero-order chi connectivity index (χ0) is 11.4. The third-order valence-corrected chi connectivity index (χ3v) is 2.08. The first-order valence-electron chi connectivity index (χ1n) is 4.81. The van der Waals surface area contributed by atoms with Crippen molar-refractivity contribution in [3.05, 3.63) is 29.3 Å². The fourth-order valence-electron chi connectivity index (χ4n) is 1.36. The van der Waals surface area contributed by atoms with Crippen molar-refractivity contribution in [3.8, 4) is 6.07 Å². The molecule has 15 heavy (non-hydrogen) atoms. The molecule has 1 aromatic rings. The van der Waals surface area contributed by atoms with Crippen LogP contribution in [0.3, 0.4) is 0 Å². The Bertz CT molecular complexity index is 398. The van der Waals surface area contributed by atoms with Gasteiger partial charge in [0.1, 0.15) is 5.92 Å². The number of hydrogen-bond acceptors (Lipinski definition) is 2. The molecular weight excluding hydrogens is 188 g/mol. The summed E-state index contributed by atoms with van der Waals surface area (Å²) in [7, 11) is 0. The van der Waals surface area contributed by atoms with Crippen molar-refractivity contribution >= 4 is 11.6 Å². The molecule has 1 rings (SSSR count). The maximum Gasteiger partial charge on any atom is 0.241 e. The molecule has 1 amide bonds. The lowest BCUT2D eigenvalue weighted by Gasteiger charge is -2.08. The summed E-state index contributed by atoms with van der Waals surface area (Å²) in [5, 5.41) is 11.3. The Morgan fingerprint density at radius 1 is 1.33 bits per heavy atom. The van der Waals surface area contributed by atoms with Gasteiger partial charge in [0.15, 0.2) is 0 Å². The van der Waals surface area contributed by atoms with Crippen molar-refractivity contribution < 1.29 is 4.79 Å². The molecule has 0 saturated carbocycles. The highest BCUT2D eigenvalue weighted by molar-refractivity contribution is 5.93. The average molecular weight is 202 g/mol. The lowest BCUT2D eigenvalue weighted by Crippen LogP contribution is -2.18. The minimum atomic E-state index is -0.620. The van der Waals surface area contributed by atoms with Crippen LogP contribution >= 0.6 is 0 Å². The third-order valence-electron chi connectivity index (χ3n) is 2.08. The van der Waals surface area contributed by atoms with Gasteiger partial charge in [0.05, 0.1) is 6.07 Å². The Balaban J connectivity index is 2.82. The molecule has 0 heterocycles. The molecule has 0 aliphatic rings. The fourth-order valence-corrected chi connectivity index (χ4v) is 1.36. The highest BCUT2D eigenvalue weighted by Gasteiger charge is 2.11. The van der Waals surface area contributed by atoms with Crippen LogP contribution in [0.4, 0.5) is 5.69 Å². The highest BCUT2D eigenvalue weighted by Crippen LogP contribution is 2.14. The van der Waals surface area contributed by atoms with Crippen LogP contribution in [0, 0.1) is 31.1 Å². The van der Waals surface area contributed by atoms with Crippen LogP contribution < -0.4 is 5.32 Å². The number of benzene rings is 1. The first-order valence-corrected chi connectivity index (χ1v) is 4.81. The molecule has 0 saturated heterocycles. The molecule has 0 spiro atoms. The molecule has 3 heteroatoms. The van der Waals surface area contributed by atoms with Crippen molar-refractivity contribution in [3.63, 3.8) is 0 Å². The van der Waals surface area contributed by atoms with Gasteiger partial charge in [-0.3, -0.25) is 4.79 Å². The van der Waals surface area contributed by atoms with E-state index in [2.05, 4.69) is 5.32 Å². The van der Waals surface area contributed by atoms with E-state index >= 15 is 0 Å². The highest BCUT2D eigenvalue weighted by atomic mass is 16.1. The van der Waals surface area contributed by atoms with E-state index in [1.165, 1.54) is 0 Å². The van der Waals surface area contributed by atoms with Crippen LogP contribution in [-0.4, -0.2) is 5.91 Å². The van der Waals surface area contributed by atoms with E-state index in [1.807, 2.05) is 38.1 Å². The molecule has 0 aliphatic heterocycles. The Hall–Kier alpha value is -1.82. The van der Waals surface area contributed by atoms with Crippen LogP contribution in [0.1, 0.15) is 18.1 Å². The summed E-state index contributed by atoms with van der Waals surface area (Å²) in [6, 6.07) is 7.70. The van der Waals surface area contributed by atoms with Crippen LogP contribution in [0.25, 0.3) is 0 Å². The normalized spacial score (nSPS) is 11.6. The minimum absolute atomic E-state index is 0.262. The Morgan fingerprint density at radius 3 is 2.33 bits per heavy atom. The molecular formula is C12H14N2O. The van der Waals surface area contributed by atoms with Gasteiger partial charge < -0.3 is 5.32 Å². The van der Waals surface area contributed by atoms with Crippen LogP contribution in [0.15, 0.2) is 18.2 Å². The number of aryl methyl sites for hydroxylation is 2. The van der Waals surface area contributed by atoms with Crippen molar-refractivity contribution in [2.75, 3.05) is 5.32 Å². The number of nitrogens with one attached hydrogen (secondary N) is 1. The van der Waals surface area contributed by atoms with Gasteiger partial charge in [-0.05, 0) is 44.0 Å². The smallest absolute Gasteiger partial charge is 0.241 e. The fraction of sp³-hybridized carbons (Fsp3) is 0.333. The quantitative estimate of drug-likeness (QED) is 0.800. The van der Waals surface area contributed by atoms with Crippen LogP contribution in [-0.2, 0) is 4.79 Å². The molecule has 3 nitrogen and oxygen atoms in total. The van der Waals surface area contributed by atoms with Crippen LogP contribution in [0.2, 0.25) is 0 Å².